The number of ketones is 1. The van der Waals surface area contributed by atoms with Gasteiger partial charge in [-0.05, 0) is 60.7 Å². The first-order valence-corrected chi connectivity index (χ1v) is 7.36. The summed E-state index contributed by atoms with van der Waals surface area (Å²) in [5, 5.41) is 0.606. The Balaban J connectivity index is 2.42. The van der Waals surface area contributed by atoms with E-state index in [-0.39, 0.29) is 5.78 Å². The first-order valence-electron chi connectivity index (χ1n) is 6.98. The van der Waals surface area contributed by atoms with Crippen LogP contribution in [-0.2, 0) is 12.8 Å². The van der Waals surface area contributed by atoms with Gasteiger partial charge in [0, 0.05) is 16.1 Å². The summed E-state index contributed by atoms with van der Waals surface area (Å²) in [6.07, 6.45) is 1.94. The van der Waals surface area contributed by atoms with E-state index in [9.17, 15) is 4.79 Å². The molecule has 0 aromatic heterocycles. The van der Waals surface area contributed by atoms with Crippen molar-refractivity contribution in [2.45, 2.75) is 33.6 Å². The average Bonchev–Trinajstić information content (AvgIpc) is 2.44. The minimum atomic E-state index is 0.0351. The Morgan fingerprint density at radius 2 is 1.65 bits per heavy atom. The molecule has 0 N–H and O–H groups in total. The third-order valence-electron chi connectivity index (χ3n) is 3.53. The summed E-state index contributed by atoms with van der Waals surface area (Å²) in [6.45, 7) is 6.20. The lowest BCUT2D eigenvalue weighted by molar-refractivity contribution is 0.103. The van der Waals surface area contributed by atoms with Crippen molar-refractivity contribution in [2.75, 3.05) is 0 Å². The highest BCUT2D eigenvalue weighted by atomic mass is 35.5. The molecule has 0 aliphatic carbocycles. The maximum absolute atomic E-state index is 12.6. The highest BCUT2D eigenvalue weighted by Gasteiger charge is 2.12. The van der Waals surface area contributed by atoms with Gasteiger partial charge in [-0.3, -0.25) is 4.79 Å². The van der Waals surface area contributed by atoms with Crippen molar-refractivity contribution in [1.29, 1.82) is 0 Å². The fraction of sp³-hybridized carbons (Fsp3) is 0.278. The lowest BCUT2D eigenvalue weighted by atomic mass is 9.95. The second-order valence-electron chi connectivity index (χ2n) is 5.04. The van der Waals surface area contributed by atoms with Crippen molar-refractivity contribution in [3.63, 3.8) is 0 Å². The highest BCUT2D eigenvalue weighted by molar-refractivity contribution is 6.31. The number of rotatable bonds is 4. The molecule has 0 fully saturated rings. The fourth-order valence-electron chi connectivity index (χ4n) is 2.48. The zero-order valence-electron chi connectivity index (χ0n) is 12.2. The Morgan fingerprint density at radius 1 is 0.950 bits per heavy atom. The summed E-state index contributed by atoms with van der Waals surface area (Å²) in [5.41, 5.74) is 4.95. The minimum Gasteiger partial charge on any atom is -0.289 e. The first kappa shape index (κ1) is 14.8. The molecule has 104 valence electrons. The van der Waals surface area contributed by atoms with Gasteiger partial charge in [-0.25, -0.2) is 0 Å². The normalized spacial score (nSPS) is 10.6. The van der Waals surface area contributed by atoms with Crippen LogP contribution >= 0.6 is 11.6 Å². The number of hydrogen-bond acceptors (Lipinski definition) is 1. The Kier molecular flexibility index (Phi) is 4.61. The predicted molar refractivity (Wildman–Crippen MR) is 84.8 cm³/mol. The SMILES string of the molecule is CCc1ccc(C(=O)c2cc(C)cc(Cl)c2)cc1CC. The molecule has 0 bridgehead atoms. The Hall–Kier alpha value is -1.60. The summed E-state index contributed by atoms with van der Waals surface area (Å²) >= 11 is 6.04. The summed E-state index contributed by atoms with van der Waals surface area (Å²) in [4.78, 5) is 12.6. The van der Waals surface area contributed by atoms with Gasteiger partial charge in [0.1, 0.15) is 0 Å². The van der Waals surface area contributed by atoms with Crippen LogP contribution in [0.3, 0.4) is 0 Å². The molecule has 0 amide bonds. The van der Waals surface area contributed by atoms with Crippen LogP contribution in [0, 0.1) is 6.92 Å². The van der Waals surface area contributed by atoms with Crippen molar-refractivity contribution < 1.29 is 4.79 Å². The van der Waals surface area contributed by atoms with E-state index >= 15 is 0 Å². The minimum absolute atomic E-state index is 0.0351. The van der Waals surface area contributed by atoms with Gasteiger partial charge in [-0.2, -0.15) is 0 Å². The number of halogens is 1. The molecule has 0 unspecified atom stereocenters. The van der Waals surface area contributed by atoms with E-state index in [4.69, 9.17) is 11.6 Å². The third-order valence-corrected chi connectivity index (χ3v) is 3.75. The molecular weight excluding hydrogens is 268 g/mol. The Labute approximate surface area is 125 Å². The maximum Gasteiger partial charge on any atom is 0.193 e. The molecule has 0 radical (unpaired) electrons. The number of benzene rings is 2. The monoisotopic (exact) mass is 286 g/mol. The number of carbonyl (C=O) groups is 1. The Bertz CT molecular complexity index is 624. The van der Waals surface area contributed by atoms with Gasteiger partial charge in [-0.15, -0.1) is 0 Å². The van der Waals surface area contributed by atoms with Crippen LogP contribution in [0.2, 0.25) is 5.02 Å². The third kappa shape index (κ3) is 3.10. The number of hydrogen-bond donors (Lipinski definition) is 0. The predicted octanol–water partition coefficient (Wildman–Crippen LogP) is 5.00. The maximum atomic E-state index is 12.6. The van der Waals surface area contributed by atoms with Gasteiger partial charge >= 0.3 is 0 Å². The van der Waals surface area contributed by atoms with Gasteiger partial charge in [0.15, 0.2) is 5.78 Å². The second kappa shape index (κ2) is 6.23. The van der Waals surface area contributed by atoms with Crippen LogP contribution < -0.4 is 0 Å². The second-order valence-corrected chi connectivity index (χ2v) is 5.47. The molecule has 0 heterocycles. The molecule has 0 saturated carbocycles. The zero-order valence-corrected chi connectivity index (χ0v) is 12.9. The highest BCUT2D eigenvalue weighted by Crippen LogP contribution is 2.20. The largest absolute Gasteiger partial charge is 0.289 e. The molecule has 1 nitrogen and oxygen atoms in total. The van der Waals surface area contributed by atoms with Gasteiger partial charge in [-0.1, -0.05) is 37.6 Å². The molecule has 0 spiro atoms. The summed E-state index contributed by atoms with van der Waals surface area (Å²) in [6, 6.07) is 11.5. The molecule has 0 aliphatic heterocycles. The molecule has 20 heavy (non-hydrogen) atoms. The van der Waals surface area contributed by atoms with Crippen molar-refractivity contribution >= 4 is 17.4 Å². The van der Waals surface area contributed by atoms with Crippen LogP contribution in [0.5, 0.6) is 0 Å². The average molecular weight is 287 g/mol. The van der Waals surface area contributed by atoms with E-state index < -0.39 is 0 Å². The van der Waals surface area contributed by atoms with Gasteiger partial charge in [0.05, 0.1) is 0 Å². The van der Waals surface area contributed by atoms with Gasteiger partial charge < -0.3 is 0 Å². The van der Waals surface area contributed by atoms with Crippen molar-refractivity contribution in [3.8, 4) is 0 Å². The standard InChI is InChI=1S/C18H19ClO/c1-4-13-6-7-15(10-14(13)5-2)18(20)16-8-12(3)9-17(19)11-16/h6-11H,4-5H2,1-3H3. The van der Waals surface area contributed by atoms with Crippen molar-refractivity contribution in [2.24, 2.45) is 0 Å². The fourth-order valence-corrected chi connectivity index (χ4v) is 2.76. The van der Waals surface area contributed by atoms with E-state index in [1.807, 2.05) is 31.2 Å². The van der Waals surface area contributed by atoms with Crippen LogP contribution in [0.4, 0.5) is 0 Å². The Morgan fingerprint density at radius 3 is 2.25 bits per heavy atom. The quantitative estimate of drug-likeness (QED) is 0.723. The number of carbonyl (C=O) groups excluding carboxylic acids is 1. The van der Waals surface area contributed by atoms with E-state index in [1.54, 1.807) is 6.07 Å². The van der Waals surface area contributed by atoms with Crippen molar-refractivity contribution in [3.05, 3.63) is 69.2 Å². The topological polar surface area (TPSA) is 17.1 Å². The van der Waals surface area contributed by atoms with Crippen LogP contribution in [0.25, 0.3) is 0 Å². The van der Waals surface area contributed by atoms with E-state index in [1.165, 1.54) is 11.1 Å². The zero-order chi connectivity index (χ0) is 14.7. The molecular formula is C18H19ClO. The molecule has 2 rings (SSSR count). The van der Waals surface area contributed by atoms with Gasteiger partial charge in [0.2, 0.25) is 0 Å². The first-order chi connectivity index (χ1) is 9.55. The number of aryl methyl sites for hydroxylation is 3. The van der Waals surface area contributed by atoms with Crippen molar-refractivity contribution in [1.82, 2.24) is 0 Å². The van der Waals surface area contributed by atoms with Crippen LogP contribution in [0.15, 0.2) is 36.4 Å². The molecule has 0 atom stereocenters. The van der Waals surface area contributed by atoms with Crippen LogP contribution in [-0.4, -0.2) is 5.78 Å². The van der Waals surface area contributed by atoms with E-state index in [2.05, 4.69) is 19.9 Å². The summed E-state index contributed by atoms with van der Waals surface area (Å²) in [5.74, 6) is 0.0351. The van der Waals surface area contributed by atoms with E-state index in [0.717, 1.165) is 24.0 Å². The molecule has 0 saturated heterocycles. The lowest BCUT2D eigenvalue weighted by Gasteiger charge is -2.09. The molecule has 2 aromatic carbocycles. The molecule has 0 aliphatic rings. The molecule has 2 aromatic rings. The molecule has 2 heteroatoms. The summed E-state index contributed by atoms with van der Waals surface area (Å²) in [7, 11) is 0. The smallest absolute Gasteiger partial charge is 0.193 e. The van der Waals surface area contributed by atoms with Crippen LogP contribution in [0.1, 0.15) is 46.5 Å². The van der Waals surface area contributed by atoms with Gasteiger partial charge in [0.25, 0.3) is 0 Å². The lowest BCUT2D eigenvalue weighted by Crippen LogP contribution is -2.04. The van der Waals surface area contributed by atoms with E-state index in [0.29, 0.717) is 10.6 Å². The summed E-state index contributed by atoms with van der Waals surface area (Å²) < 4.78 is 0.